The van der Waals surface area contributed by atoms with E-state index >= 15 is 0 Å². The molecule has 0 radical (unpaired) electrons. The summed E-state index contributed by atoms with van der Waals surface area (Å²) in [6, 6.07) is 0. The highest BCUT2D eigenvalue weighted by atomic mass is 17.4. The van der Waals surface area contributed by atoms with Crippen molar-refractivity contribution in [3.8, 4) is 0 Å². The van der Waals surface area contributed by atoms with Crippen LogP contribution in [0.1, 0.15) is 0 Å². The minimum Gasteiger partial charge on any atom is -0.225 e. The normalized spacial score (nSPS) is 29.7. The number of allylic oxidation sites excluding steroid dienone is 1. The Hall–Kier alpha value is -0.670. The summed E-state index contributed by atoms with van der Waals surface area (Å²) in [6.45, 7) is 0. The number of hydrogen-bond acceptors (Lipinski definition) is 3. The molecule has 2 heterocycles. The van der Waals surface area contributed by atoms with Gasteiger partial charge in [0, 0.05) is 12.3 Å². The summed E-state index contributed by atoms with van der Waals surface area (Å²) < 4.78 is 0. The molecule has 3 nitrogen and oxygen atoms in total. The van der Waals surface area contributed by atoms with E-state index < -0.39 is 5.91 Å². The maximum Gasteiger partial charge on any atom is 0.347 e. The Kier molecular flexibility index (Phi) is 0.372. The summed E-state index contributed by atoms with van der Waals surface area (Å²) in [5, 5.41) is 0. The van der Waals surface area contributed by atoms with Crippen molar-refractivity contribution in [2.24, 2.45) is 4.99 Å². The van der Waals surface area contributed by atoms with Gasteiger partial charge in [0.05, 0.1) is 0 Å². The van der Waals surface area contributed by atoms with Crippen molar-refractivity contribution in [1.82, 2.24) is 0 Å². The first-order valence-corrected chi connectivity index (χ1v) is 2.01. The average Bonchev–Trinajstić information content (AvgIpc) is 2.15. The number of nitrogens with zero attached hydrogens (tertiary/aromatic N) is 1. The zero-order valence-electron chi connectivity index (χ0n) is 3.50. The summed E-state index contributed by atoms with van der Waals surface area (Å²) >= 11 is 0. The van der Waals surface area contributed by atoms with Crippen molar-refractivity contribution in [3.05, 3.63) is 12.2 Å². The summed E-state index contributed by atoms with van der Waals surface area (Å²) in [7, 11) is 0. The lowest BCUT2D eigenvalue weighted by Crippen LogP contribution is -1.94. The summed E-state index contributed by atoms with van der Waals surface area (Å²) in [6.07, 6.45) is 5.17. The SMILES string of the molecule is C1=CC2(N=C1)OO2. The highest BCUT2D eigenvalue weighted by Crippen LogP contribution is 2.34. The highest BCUT2D eigenvalue weighted by molar-refractivity contribution is 5.74. The molecule has 3 heteroatoms. The lowest BCUT2D eigenvalue weighted by atomic mass is 10.5. The molecule has 2 aliphatic rings. The molecule has 7 heavy (non-hydrogen) atoms. The minimum atomic E-state index is -0.667. The number of aliphatic imine (C=N–C) groups is 1. The van der Waals surface area contributed by atoms with Crippen LogP contribution in [0, 0.1) is 0 Å². The molecule has 0 bridgehead atoms. The van der Waals surface area contributed by atoms with Gasteiger partial charge in [-0.1, -0.05) is 0 Å². The van der Waals surface area contributed by atoms with Gasteiger partial charge >= 0.3 is 5.91 Å². The summed E-state index contributed by atoms with van der Waals surface area (Å²) in [5.41, 5.74) is 0. The predicted molar refractivity (Wildman–Crippen MR) is 22.5 cm³/mol. The van der Waals surface area contributed by atoms with Gasteiger partial charge < -0.3 is 0 Å². The number of hydrogen-bond donors (Lipinski definition) is 0. The van der Waals surface area contributed by atoms with E-state index in [1.807, 2.05) is 0 Å². The van der Waals surface area contributed by atoms with E-state index in [9.17, 15) is 0 Å². The van der Waals surface area contributed by atoms with Gasteiger partial charge in [0.1, 0.15) is 0 Å². The Morgan fingerprint density at radius 1 is 1.43 bits per heavy atom. The topological polar surface area (TPSA) is 37.4 Å². The second kappa shape index (κ2) is 0.778. The van der Waals surface area contributed by atoms with E-state index in [-0.39, 0.29) is 0 Å². The molecule has 36 valence electrons. The van der Waals surface area contributed by atoms with Crippen LogP contribution in [-0.4, -0.2) is 12.1 Å². The monoisotopic (exact) mass is 97.0 g/mol. The molecule has 1 saturated heterocycles. The maximum absolute atomic E-state index is 4.47. The van der Waals surface area contributed by atoms with Crippen LogP contribution in [0.15, 0.2) is 17.1 Å². The second-order valence-electron chi connectivity index (χ2n) is 1.43. The molecule has 0 unspecified atom stereocenters. The van der Waals surface area contributed by atoms with Crippen molar-refractivity contribution in [2.45, 2.75) is 5.91 Å². The zero-order chi connectivity index (χ0) is 4.74. The second-order valence-corrected chi connectivity index (χ2v) is 1.43. The fraction of sp³-hybridized carbons (Fsp3) is 0.250. The molecule has 2 aliphatic heterocycles. The van der Waals surface area contributed by atoms with Crippen molar-refractivity contribution in [1.29, 1.82) is 0 Å². The third kappa shape index (κ3) is 0.333. The third-order valence-corrected chi connectivity index (χ3v) is 0.901. The van der Waals surface area contributed by atoms with E-state index in [4.69, 9.17) is 0 Å². The molecule has 0 amide bonds. The molecule has 2 rings (SSSR count). The van der Waals surface area contributed by atoms with Crippen LogP contribution in [0.25, 0.3) is 0 Å². The average molecular weight is 97.1 g/mol. The first-order valence-electron chi connectivity index (χ1n) is 2.01. The maximum atomic E-state index is 4.47. The van der Waals surface area contributed by atoms with E-state index in [0.717, 1.165) is 0 Å². The quantitative estimate of drug-likeness (QED) is 0.321. The Balaban J connectivity index is 2.38. The third-order valence-electron chi connectivity index (χ3n) is 0.901. The minimum absolute atomic E-state index is 0.667. The molecular weight excluding hydrogens is 94.0 g/mol. The van der Waals surface area contributed by atoms with Crippen LogP contribution >= 0.6 is 0 Å². The Bertz CT molecular complexity index is 132. The molecule has 0 aromatic carbocycles. The van der Waals surface area contributed by atoms with Gasteiger partial charge in [-0.15, -0.1) is 0 Å². The fourth-order valence-electron chi connectivity index (χ4n) is 0.496. The van der Waals surface area contributed by atoms with Crippen molar-refractivity contribution >= 4 is 6.21 Å². The van der Waals surface area contributed by atoms with Crippen LogP contribution in [-0.2, 0) is 9.78 Å². The van der Waals surface area contributed by atoms with Crippen molar-refractivity contribution in [3.63, 3.8) is 0 Å². The standard InChI is InChI=1S/C4H3NO2/c1-2-4(5-3-1)6-7-4/h1-3H. The highest BCUT2D eigenvalue weighted by Gasteiger charge is 2.47. The lowest BCUT2D eigenvalue weighted by molar-refractivity contribution is 0.0850. The molecule has 0 aliphatic carbocycles. The Labute approximate surface area is 40.2 Å². The molecule has 1 fully saturated rings. The first kappa shape index (κ1) is 3.35. The van der Waals surface area contributed by atoms with Crippen molar-refractivity contribution < 1.29 is 9.78 Å². The smallest absolute Gasteiger partial charge is 0.225 e. The zero-order valence-corrected chi connectivity index (χ0v) is 3.50. The van der Waals surface area contributed by atoms with Gasteiger partial charge in [0.2, 0.25) is 0 Å². The van der Waals surface area contributed by atoms with Gasteiger partial charge in [-0.2, -0.15) is 9.78 Å². The Morgan fingerprint density at radius 3 is 2.57 bits per heavy atom. The van der Waals surface area contributed by atoms with Gasteiger partial charge in [0.15, 0.2) is 0 Å². The van der Waals surface area contributed by atoms with Crippen LogP contribution in [0.3, 0.4) is 0 Å². The van der Waals surface area contributed by atoms with E-state index in [1.54, 1.807) is 18.4 Å². The van der Waals surface area contributed by atoms with Crippen LogP contribution < -0.4 is 0 Å². The molecule has 0 atom stereocenters. The molecular formula is C4H3NO2. The largest absolute Gasteiger partial charge is 0.347 e. The summed E-state index contributed by atoms with van der Waals surface area (Å²) in [5.74, 6) is -0.667. The van der Waals surface area contributed by atoms with Gasteiger partial charge in [-0.3, -0.25) is 0 Å². The molecule has 0 aromatic heterocycles. The molecule has 0 N–H and O–H groups in total. The number of rotatable bonds is 0. The van der Waals surface area contributed by atoms with Gasteiger partial charge in [0.25, 0.3) is 0 Å². The Morgan fingerprint density at radius 2 is 2.29 bits per heavy atom. The van der Waals surface area contributed by atoms with E-state index in [0.29, 0.717) is 0 Å². The van der Waals surface area contributed by atoms with Crippen LogP contribution in [0.4, 0.5) is 0 Å². The van der Waals surface area contributed by atoms with E-state index in [2.05, 4.69) is 14.8 Å². The van der Waals surface area contributed by atoms with Gasteiger partial charge in [-0.25, -0.2) is 4.99 Å². The predicted octanol–water partition coefficient (Wildman–Crippen LogP) is 0.243. The van der Waals surface area contributed by atoms with Crippen LogP contribution in [0.5, 0.6) is 0 Å². The van der Waals surface area contributed by atoms with E-state index in [1.165, 1.54) is 0 Å². The van der Waals surface area contributed by atoms with Crippen LogP contribution in [0.2, 0.25) is 0 Å². The lowest BCUT2D eigenvalue weighted by Gasteiger charge is -1.77. The fourth-order valence-corrected chi connectivity index (χ4v) is 0.496. The molecule has 0 saturated carbocycles. The molecule has 1 spiro atoms. The first-order chi connectivity index (χ1) is 3.41. The molecule has 0 aromatic rings. The summed E-state index contributed by atoms with van der Waals surface area (Å²) in [4.78, 5) is 12.7. The van der Waals surface area contributed by atoms with Crippen molar-refractivity contribution in [2.75, 3.05) is 0 Å². The van der Waals surface area contributed by atoms with Gasteiger partial charge in [-0.05, 0) is 6.08 Å².